The Bertz CT molecular complexity index is 730. The van der Waals surface area contributed by atoms with Crippen LogP contribution in [-0.4, -0.2) is 55.8 Å². The highest BCUT2D eigenvalue weighted by molar-refractivity contribution is 7.91. The van der Waals surface area contributed by atoms with E-state index in [0.717, 1.165) is 5.56 Å². The molecule has 0 radical (unpaired) electrons. The molecule has 1 aromatic carbocycles. The van der Waals surface area contributed by atoms with Gasteiger partial charge in [0.05, 0.1) is 11.5 Å². The number of carbonyl (C=O) groups is 2. The van der Waals surface area contributed by atoms with E-state index >= 15 is 0 Å². The van der Waals surface area contributed by atoms with E-state index in [1.54, 1.807) is 37.3 Å². The molecule has 1 saturated heterocycles. The molecule has 130 valence electrons. The lowest BCUT2D eigenvalue weighted by atomic mass is 10.2. The molecule has 6 nitrogen and oxygen atoms in total. The second kappa shape index (κ2) is 7.81. The van der Waals surface area contributed by atoms with Gasteiger partial charge in [-0.05, 0) is 30.7 Å². The number of hydrogen-bond donors (Lipinski definition) is 1. The van der Waals surface area contributed by atoms with E-state index in [4.69, 9.17) is 11.6 Å². The van der Waals surface area contributed by atoms with Crippen LogP contribution in [0.3, 0.4) is 0 Å². The van der Waals surface area contributed by atoms with E-state index in [2.05, 4.69) is 5.32 Å². The standard InChI is InChI=1S/C16H19ClN2O4S/c1-12(16(21)19-8-10-24(22,23)11-9-19)18-15(20)7-4-13-2-5-14(17)6-3-13/h2-7,12H,8-11H2,1H3,(H,18,20)/b7-4+. The van der Waals surface area contributed by atoms with E-state index in [9.17, 15) is 18.0 Å². The lowest BCUT2D eigenvalue weighted by Gasteiger charge is -2.29. The molecule has 24 heavy (non-hydrogen) atoms. The molecule has 1 heterocycles. The largest absolute Gasteiger partial charge is 0.341 e. The fourth-order valence-electron chi connectivity index (χ4n) is 2.28. The van der Waals surface area contributed by atoms with Crippen molar-refractivity contribution in [3.63, 3.8) is 0 Å². The molecule has 0 bridgehead atoms. The molecule has 1 aliphatic rings. The molecular weight excluding hydrogens is 352 g/mol. The number of halogens is 1. The summed E-state index contributed by atoms with van der Waals surface area (Å²) >= 11 is 5.79. The maximum absolute atomic E-state index is 12.2. The minimum atomic E-state index is -3.04. The van der Waals surface area contributed by atoms with Gasteiger partial charge in [-0.2, -0.15) is 0 Å². The van der Waals surface area contributed by atoms with Crippen molar-refractivity contribution in [3.8, 4) is 0 Å². The highest BCUT2D eigenvalue weighted by Crippen LogP contribution is 2.10. The van der Waals surface area contributed by atoms with Crippen LogP contribution >= 0.6 is 11.6 Å². The summed E-state index contributed by atoms with van der Waals surface area (Å²) in [6.45, 7) is 1.92. The number of carbonyl (C=O) groups excluding carboxylic acids is 2. The van der Waals surface area contributed by atoms with Crippen molar-refractivity contribution in [1.29, 1.82) is 0 Å². The number of amides is 2. The highest BCUT2D eigenvalue weighted by atomic mass is 35.5. The fourth-order valence-corrected chi connectivity index (χ4v) is 3.60. The van der Waals surface area contributed by atoms with E-state index in [0.29, 0.717) is 5.02 Å². The van der Waals surface area contributed by atoms with E-state index < -0.39 is 21.8 Å². The zero-order valence-electron chi connectivity index (χ0n) is 13.2. The maximum Gasteiger partial charge on any atom is 0.244 e. The molecule has 1 aliphatic heterocycles. The number of sulfone groups is 1. The summed E-state index contributed by atoms with van der Waals surface area (Å²) < 4.78 is 22.8. The third-order valence-electron chi connectivity index (χ3n) is 3.68. The van der Waals surface area contributed by atoms with Gasteiger partial charge in [-0.25, -0.2) is 8.42 Å². The Morgan fingerprint density at radius 2 is 1.79 bits per heavy atom. The van der Waals surface area contributed by atoms with Crippen molar-refractivity contribution < 1.29 is 18.0 Å². The van der Waals surface area contributed by atoms with Crippen LogP contribution in [0.15, 0.2) is 30.3 Å². The normalized spacial score (nSPS) is 18.3. The Balaban J connectivity index is 1.86. The summed E-state index contributed by atoms with van der Waals surface area (Å²) in [5.74, 6) is -0.736. The van der Waals surface area contributed by atoms with Crippen LogP contribution < -0.4 is 5.32 Å². The van der Waals surface area contributed by atoms with Gasteiger partial charge in [0.1, 0.15) is 6.04 Å². The Kier molecular flexibility index (Phi) is 6.01. The molecule has 1 atom stereocenters. The van der Waals surface area contributed by atoms with Gasteiger partial charge in [-0.15, -0.1) is 0 Å². The van der Waals surface area contributed by atoms with Crippen LogP contribution in [0.25, 0.3) is 6.08 Å². The molecule has 1 aromatic rings. The van der Waals surface area contributed by atoms with Gasteiger partial charge in [-0.3, -0.25) is 9.59 Å². The molecule has 1 unspecified atom stereocenters. The third kappa shape index (κ3) is 5.35. The van der Waals surface area contributed by atoms with Crippen LogP contribution in [0.1, 0.15) is 12.5 Å². The van der Waals surface area contributed by atoms with Gasteiger partial charge in [-0.1, -0.05) is 23.7 Å². The monoisotopic (exact) mass is 370 g/mol. The molecule has 0 saturated carbocycles. The minimum Gasteiger partial charge on any atom is -0.341 e. The topological polar surface area (TPSA) is 83.6 Å². The Morgan fingerprint density at radius 1 is 1.21 bits per heavy atom. The summed E-state index contributed by atoms with van der Waals surface area (Å²) in [4.78, 5) is 25.6. The summed E-state index contributed by atoms with van der Waals surface area (Å²) in [5.41, 5.74) is 0.815. The number of nitrogens with zero attached hydrogens (tertiary/aromatic N) is 1. The van der Waals surface area contributed by atoms with E-state index in [-0.39, 0.29) is 30.5 Å². The first-order chi connectivity index (χ1) is 11.3. The SMILES string of the molecule is CC(NC(=O)/C=C/c1ccc(Cl)cc1)C(=O)N1CCS(=O)(=O)CC1. The van der Waals surface area contributed by atoms with Crippen LogP contribution in [0.2, 0.25) is 5.02 Å². The molecule has 0 aliphatic carbocycles. The van der Waals surface area contributed by atoms with Gasteiger partial charge in [0, 0.05) is 24.2 Å². The van der Waals surface area contributed by atoms with Crippen molar-refractivity contribution in [2.24, 2.45) is 0 Å². The molecule has 1 N–H and O–H groups in total. The van der Waals surface area contributed by atoms with Crippen molar-refractivity contribution in [3.05, 3.63) is 40.9 Å². The lowest BCUT2D eigenvalue weighted by molar-refractivity contribution is -0.134. The molecule has 0 aromatic heterocycles. The molecule has 0 spiro atoms. The predicted molar refractivity (Wildman–Crippen MR) is 93.3 cm³/mol. The first-order valence-corrected chi connectivity index (χ1v) is 9.70. The predicted octanol–water partition coefficient (Wildman–Crippen LogP) is 1.11. The highest BCUT2D eigenvalue weighted by Gasteiger charge is 2.28. The third-order valence-corrected chi connectivity index (χ3v) is 5.54. The molecular formula is C16H19ClN2O4S. The minimum absolute atomic E-state index is 0.0319. The summed E-state index contributed by atoms with van der Waals surface area (Å²) in [6, 6.07) is 6.27. The summed E-state index contributed by atoms with van der Waals surface area (Å²) in [7, 11) is -3.04. The number of rotatable bonds is 4. The molecule has 8 heteroatoms. The van der Waals surface area contributed by atoms with Gasteiger partial charge in [0.2, 0.25) is 11.8 Å². The van der Waals surface area contributed by atoms with Gasteiger partial charge in [0.25, 0.3) is 0 Å². The van der Waals surface area contributed by atoms with Crippen LogP contribution in [-0.2, 0) is 19.4 Å². The average molecular weight is 371 g/mol. The van der Waals surface area contributed by atoms with Crippen LogP contribution in [0, 0.1) is 0 Å². The van der Waals surface area contributed by atoms with Crippen molar-refractivity contribution in [1.82, 2.24) is 10.2 Å². The Morgan fingerprint density at radius 3 is 2.38 bits per heavy atom. The van der Waals surface area contributed by atoms with Gasteiger partial charge in [0.15, 0.2) is 9.84 Å². The van der Waals surface area contributed by atoms with E-state index in [1.807, 2.05) is 0 Å². The van der Waals surface area contributed by atoms with Crippen molar-refractivity contribution >= 4 is 39.3 Å². The second-order valence-electron chi connectivity index (χ2n) is 5.59. The van der Waals surface area contributed by atoms with Crippen LogP contribution in [0.4, 0.5) is 0 Å². The molecule has 2 rings (SSSR count). The zero-order chi connectivity index (χ0) is 17.7. The van der Waals surface area contributed by atoms with Gasteiger partial charge < -0.3 is 10.2 Å². The average Bonchev–Trinajstić information content (AvgIpc) is 2.53. The smallest absolute Gasteiger partial charge is 0.244 e. The number of benzene rings is 1. The second-order valence-corrected chi connectivity index (χ2v) is 8.33. The lowest BCUT2D eigenvalue weighted by Crippen LogP contribution is -2.51. The molecule has 1 fully saturated rings. The number of nitrogens with one attached hydrogen (secondary N) is 1. The quantitative estimate of drug-likeness (QED) is 0.805. The summed E-state index contributed by atoms with van der Waals surface area (Å²) in [5, 5.41) is 3.20. The fraction of sp³-hybridized carbons (Fsp3) is 0.375. The Hall–Kier alpha value is -1.86. The summed E-state index contributed by atoms with van der Waals surface area (Å²) in [6.07, 6.45) is 2.96. The van der Waals surface area contributed by atoms with Crippen LogP contribution in [0.5, 0.6) is 0 Å². The first-order valence-electron chi connectivity index (χ1n) is 7.50. The number of hydrogen-bond acceptors (Lipinski definition) is 4. The van der Waals surface area contributed by atoms with Gasteiger partial charge >= 0.3 is 0 Å². The first kappa shape index (κ1) is 18.5. The van der Waals surface area contributed by atoms with E-state index in [1.165, 1.54) is 11.0 Å². The Labute approximate surface area is 146 Å². The maximum atomic E-state index is 12.2. The zero-order valence-corrected chi connectivity index (χ0v) is 14.8. The van der Waals surface area contributed by atoms with Crippen molar-refractivity contribution in [2.75, 3.05) is 24.6 Å². The van der Waals surface area contributed by atoms with Crippen molar-refractivity contribution in [2.45, 2.75) is 13.0 Å². The molecule has 2 amide bonds.